The number of hydrogen-bond acceptors (Lipinski definition) is 4. The molecule has 2 heterocycles. The van der Waals surface area contributed by atoms with Gasteiger partial charge >= 0.3 is 0 Å². The van der Waals surface area contributed by atoms with E-state index >= 15 is 0 Å². The van der Waals surface area contributed by atoms with E-state index in [9.17, 15) is 9.90 Å². The first kappa shape index (κ1) is 12.7. The Labute approximate surface area is 112 Å². The number of nitrogens with zero attached hydrogens (tertiary/aromatic N) is 2. The molecule has 0 spiro atoms. The third-order valence-corrected chi connectivity index (χ3v) is 4.28. The van der Waals surface area contributed by atoms with Gasteiger partial charge in [0.1, 0.15) is 6.26 Å². The largest absolute Gasteiger partial charge is 0.472 e. The fraction of sp³-hybridized carbons (Fsp3) is 0.643. The van der Waals surface area contributed by atoms with Crippen molar-refractivity contribution in [3.8, 4) is 0 Å². The molecule has 2 atom stereocenters. The lowest BCUT2D eigenvalue weighted by Gasteiger charge is -2.39. The SMILES string of the molecule is O=C(c1ccoc1)N1CCN(C2CCCC2O)CC1. The molecule has 1 aromatic heterocycles. The highest BCUT2D eigenvalue weighted by atomic mass is 16.3. The molecule has 5 heteroatoms. The van der Waals surface area contributed by atoms with Crippen LogP contribution in [0.4, 0.5) is 0 Å². The molecule has 19 heavy (non-hydrogen) atoms. The van der Waals surface area contributed by atoms with Crippen molar-refractivity contribution in [1.29, 1.82) is 0 Å². The van der Waals surface area contributed by atoms with Crippen LogP contribution in [0.1, 0.15) is 29.6 Å². The Bertz CT molecular complexity index is 424. The van der Waals surface area contributed by atoms with Crippen LogP contribution in [0, 0.1) is 0 Å². The van der Waals surface area contributed by atoms with Gasteiger partial charge in [0, 0.05) is 32.2 Å². The number of carbonyl (C=O) groups is 1. The quantitative estimate of drug-likeness (QED) is 0.864. The molecule has 1 aromatic rings. The molecule has 104 valence electrons. The summed E-state index contributed by atoms with van der Waals surface area (Å²) < 4.78 is 4.95. The summed E-state index contributed by atoms with van der Waals surface area (Å²) >= 11 is 0. The molecule has 1 aliphatic heterocycles. The lowest BCUT2D eigenvalue weighted by atomic mass is 10.1. The Hall–Kier alpha value is -1.33. The highest BCUT2D eigenvalue weighted by Gasteiger charge is 2.33. The fourth-order valence-electron chi connectivity index (χ4n) is 3.17. The molecular formula is C14H20N2O3. The van der Waals surface area contributed by atoms with Gasteiger partial charge in [-0.3, -0.25) is 9.69 Å². The van der Waals surface area contributed by atoms with E-state index in [4.69, 9.17) is 4.42 Å². The number of piperazine rings is 1. The van der Waals surface area contributed by atoms with Crippen LogP contribution in [0.5, 0.6) is 0 Å². The van der Waals surface area contributed by atoms with Gasteiger partial charge in [-0.05, 0) is 25.3 Å². The predicted octanol–water partition coefficient (Wildman–Crippen LogP) is 0.951. The van der Waals surface area contributed by atoms with Gasteiger partial charge < -0.3 is 14.4 Å². The van der Waals surface area contributed by atoms with Crippen molar-refractivity contribution < 1.29 is 14.3 Å². The van der Waals surface area contributed by atoms with Crippen LogP contribution < -0.4 is 0 Å². The number of rotatable bonds is 2. The summed E-state index contributed by atoms with van der Waals surface area (Å²) in [6.07, 6.45) is 5.94. The first-order valence-electron chi connectivity index (χ1n) is 6.99. The van der Waals surface area contributed by atoms with E-state index < -0.39 is 0 Å². The van der Waals surface area contributed by atoms with Crippen molar-refractivity contribution in [1.82, 2.24) is 9.80 Å². The topological polar surface area (TPSA) is 56.9 Å². The molecule has 1 aliphatic carbocycles. The third-order valence-electron chi connectivity index (χ3n) is 4.28. The number of furan rings is 1. The number of aliphatic hydroxyl groups excluding tert-OH is 1. The van der Waals surface area contributed by atoms with Crippen molar-refractivity contribution in [2.45, 2.75) is 31.4 Å². The van der Waals surface area contributed by atoms with Crippen LogP contribution in [0.25, 0.3) is 0 Å². The van der Waals surface area contributed by atoms with Gasteiger partial charge in [0.2, 0.25) is 0 Å². The molecule has 1 saturated carbocycles. The summed E-state index contributed by atoms with van der Waals surface area (Å²) in [4.78, 5) is 16.3. The lowest BCUT2D eigenvalue weighted by molar-refractivity contribution is 0.0315. The maximum atomic E-state index is 12.2. The van der Waals surface area contributed by atoms with E-state index in [1.807, 2.05) is 4.90 Å². The minimum atomic E-state index is -0.184. The highest BCUT2D eigenvalue weighted by molar-refractivity contribution is 5.93. The molecule has 0 radical (unpaired) electrons. The molecule has 1 saturated heterocycles. The Morgan fingerprint density at radius 1 is 1.26 bits per heavy atom. The molecule has 2 unspecified atom stereocenters. The van der Waals surface area contributed by atoms with E-state index in [1.165, 1.54) is 12.5 Å². The predicted molar refractivity (Wildman–Crippen MR) is 69.8 cm³/mol. The molecule has 0 aromatic carbocycles. The number of hydrogen-bond donors (Lipinski definition) is 1. The lowest BCUT2D eigenvalue weighted by Crippen LogP contribution is -2.53. The maximum absolute atomic E-state index is 12.2. The van der Waals surface area contributed by atoms with Crippen molar-refractivity contribution in [2.75, 3.05) is 26.2 Å². The molecule has 2 aliphatic rings. The van der Waals surface area contributed by atoms with E-state index in [2.05, 4.69) is 4.90 Å². The smallest absolute Gasteiger partial charge is 0.257 e. The van der Waals surface area contributed by atoms with E-state index in [0.717, 1.165) is 45.4 Å². The van der Waals surface area contributed by atoms with Gasteiger partial charge in [0.15, 0.2) is 0 Å². The van der Waals surface area contributed by atoms with Crippen LogP contribution in [0.3, 0.4) is 0 Å². The maximum Gasteiger partial charge on any atom is 0.257 e. The van der Waals surface area contributed by atoms with Crippen LogP contribution in [-0.4, -0.2) is 59.1 Å². The molecule has 0 bridgehead atoms. The molecule has 2 fully saturated rings. The summed E-state index contributed by atoms with van der Waals surface area (Å²) in [5.74, 6) is 0.0420. The first-order chi connectivity index (χ1) is 9.25. The van der Waals surface area contributed by atoms with Gasteiger partial charge in [0.05, 0.1) is 17.9 Å². The van der Waals surface area contributed by atoms with Gasteiger partial charge in [-0.15, -0.1) is 0 Å². The van der Waals surface area contributed by atoms with Crippen molar-refractivity contribution in [2.24, 2.45) is 0 Å². The van der Waals surface area contributed by atoms with Crippen molar-refractivity contribution in [3.05, 3.63) is 24.2 Å². The molecule has 3 rings (SSSR count). The second-order valence-electron chi connectivity index (χ2n) is 5.41. The minimum Gasteiger partial charge on any atom is -0.472 e. The molecule has 1 N–H and O–H groups in total. The number of carbonyl (C=O) groups excluding carboxylic acids is 1. The van der Waals surface area contributed by atoms with E-state index in [0.29, 0.717) is 11.6 Å². The van der Waals surface area contributed by atoms with Gasteiger partial charge in [-0.2, -0.15) is 0 Å². The fourth-order valence-corrected chi connectivity index (χ4v) is 3.17. The zero-order valence-electron chi connectivity index (χ0n) is 11.0. The second kappa shape index (κ2) is 5.35. The van der Waals surface area contributed by atoms with Crippen molar-refractivity contribution >= 4 is 5.91 Å². The van der Waals surface area contributed by atoms with Crippen LogP contribution in [0.15, 0.2) is 23.0 Å². The number of aliphatic hydroxyl groups is 1. The summed E-state index contributed by atoms with van der Waals surface area (Å²) in [5, 5.41) is 9.93. The summed E-state index contributed by atoms with van der Waals surface area (Å²) in [5.41, 5.74) is 0.620. The van der Waals surface area contributed by atoms with Crippen LogP contribution in [0.2, 0.25) is 0 Å². The number of amides is 1. The Kier molecular flexibility index (Phi) is 3.57. The third kappa shape index (κ3) is 2.53. The van der Waals surface area contributed by atoms with Gasteiger partial charge in [0.25, 0.3) is 5.91 Å². The van der Waals surface area contributed by atoms with Gasteiger partial charge in [-0.1, -0.05) is 0 Å². The monoisotopic (exact) mass is 264 g/mol. The summed E-state index contributed by atoms with van der Waals surface area (Å²) in [7, 11) is 0. The molecule has 1 amide bonds. The van der Waals surface area contributed by atoms with Crippen molar-refractivity contribution in [3.63, 3.8) is 0 Å². The second-order valence-corrected chi connectivity index (χ2v) is 5.41. The molecule has 5 nitrogen and oxygen atoms in total. The van der Waals surface area contributed by atoms with Crippen LogP contribution in [-0.2, 0) is 0 Å². The summed E-state index contributed by atoms with van der Waals surface area (Å²) in [6, 6.07) is 2.00. The van der Waals surface area contributed by atoms with Crippen LogP contribution >= 0.6 is 0 Å². The zero-order valence-corrected chi connectivity index (χ0v) is 11.0. The Morgan fingerprint density at radius 3 is 2.63 bits per heavy atom. The van der Waals surface area contributed by atoms with Gasteiger partial charge in [-0.25, -0.2) is 0 Å². The zero-order chi connectivity index (χ0) is 13.2. The Balaban J connectivity index is 1.56. The first-order valence-corrected chi connectivity index (χ1v) is 6.99. The normalized spacial score (nSPS) is 28.8. The average Bonchev–Trinajstić information content (AvgIpc) is 3.09. The highest BCUT2D eigenvalue weighted by Crippen LogP contribution is 2.25. The Morgan fingerprint density at radius 2 is 2.05 bits per heavy atom. The summed E-state index contributed by atoms with van der Waals surface area (Å²) in [6.45, 7) is 3.16. The standard InChI is InChI=1S/C14H20N2O3/c17-13-3-1-2-12(13)15-5-7-16(8-6-15)14(18)11-4-9-19-10-11/h4,9-10,12-13,17H,1-3,5-8H2. The van der Waals surface area contributed by atoms with E-state index in [-0.39, 0.29) is 12.0 Å². The average molecular weight is 264 g/mol. The molecular weight excluding hydrogens is 244 g/mol. The minimum absolute atomic E-state index is 0.0420. The van der Waals surface area contributed by atoms with E-state index in [1.54, 1.807) is 6.07 Å².